The van der Waals surface area contributed by atoms with Crippen LogP contribution in [0.5, 0.6) is 0 Å². The summed E-state index contributed by atoms with van der Waals surface area (Å²) < 4.78 is 40.1. The second kappa shape index (κ2) is 13.8. The zero-order valence-electron chi connectivity index (χ0n) is 21.2. The summed E-state index contributed by atoms with van der Waals surface area (Å²) >= 11 is 3.46. The van der Waals surface area contributed by atoms with Gasteiger partial charge in [0, 0.05) is 36.2 Å². The van der Waals surface area contributed by atoms with Gasteiger partial charge in [0.1, 0.15) is 6.61 Å². The molecule has 1 atom stereocenters. The van der Waals surface area contributed by atoms with Gasteiger partial charge in [-0.15, -0.1) is 0 Å². The van der Waals surface area contributed by atoms with Gasteiger partial charge in [0.2, 0.25) is 5.91 Å². The van der Waals surface area contributed by atoms with Gasteiger partial charge in [-0.2, -0.15) is 13.2 Å². The molecule has 0 radical (unpaired) electrons. The number of alkyl halides is 3. The summed E-state index contributed by atoms with van der Waals surface area (Å²) in [6, 6.07) is 15.9. The third-order valence-electron chi connectivity index (χ3n) is 6.13. The lowest BCUT2D eigenvalue weighted by molar-refractivity contribution is -0.192. The minimum atomic E-state index is -5.08. The smallest absolute Gasteiger partial charge is 0.475 e. The SMILES string of the molecule is C[C@@H](CN1CCC(n2c(=O)[nH]c3cc(Br)ccc32)CC1)NC(=O)COCc1ccccc1.O=C(O)C(F)(F)F. The maximum Gasteiger partial charge on any atom is 0.490 e. The van der Waals surface area contributed by atoms with Crippen LogP contribution in [0, 0.1) is 0 Å². The van der Waals surface area contributed by atoms with E-state index in [0.29, 0.717) is 6.61 Å². The number of imidazole rings is 1. The Labute approximate surface area is 231 Å². The van der Waals surface area contributed by atoms with Gasteiger partial charge in [-0.1, -0.05) is 46.3 Å². The zero-order chi connectivity index (χ0) is 28.6. The number of nitrogens with zero attached hydrogens (tertiary/aromatic N) is 2. The van der Waals surface area contributed by atoms with E-state index in [2.05, 4.69) is 31.1 Å². The first kappa shape index (κ1) is 30.4. The van der Waals surface area contributed by atoms with E-state index in [1.165, 1.54) is 0 Å². The van der Waals surface area contributed by atoms with Crippen molar-refractivity contribution in [3.05, 3.63) is 69.1 Å². The number of piperidine rings is 1. The Hall–Kier alpha value is -3.16. The fourth-order valence-corrected chi connectivity index (χ4v) is 4.77. The first-order valence-corrected chi connectivity index (χ1v) is 13.1. The number of rotatable bonds is 8. The van der Waals surface area contributed by atoms with Gasteiger partial charge in [0.15, 0.2) is 0 Å². The molecule has 1 amide bonds. The molecule has 1 saturated heterocycles. The number of aromatic amines is 1. The van der Waals surface area contributed by atoms with Crippen LogP contribution < -0.4 is 11.0 Å². The van der Waals surface area contributed by atoms with Gasteiger partial charge in [0.25, 0.3) is 0 Å². The molecule has 0 unspecified atom stereocenters. The first-order chi connectivity index (χ1) is 18.4. The number of carboxylic acids is 1. The molecule has 1 aliphatic rings. The fourth-order valence-electron chi connectivity index (χ4n) is 4.41. The number of likely N-dealkylation sites (tertiary alicyclic amines) is 1. The van der Waals surface area contributed by atoms with Crippen molar-refractivity contribution in [3.8, 4) is 0 Å². The van der Waals surface area contributed by atoms with Crippen LogP contribution in [0.2, 0.25) is 0 Å². The molecular formula is C26H30BrF3N4O5. The molecule has 212 valence electrons. The number of nitrogens with one attached hydrogen (secondary N) is 2. The highest BCUT2D eigenvalue weighted by molar-refractivity contribution is 9.10. The van der Waals surface area contributed by atoms with Crippen LogP contribution in [-0.2, 0) is 20.9 Å². The number of benzene rings is 2. The molecule has 13 heteroatoms. The number of H-pyrrole nitrogens is 1. The minimum absolute atomic E-state index is 0.0348. The molecule has 0 spiro atoms. The van der Waals surface area contributed by atoms with Crippen LogP contribution in [0.4, 0.5) is 13.2 Å². The molecule has 2 aromatic carbocycles. The molecule has 0 bridgehead atoms. The van der Waals surface area contributed by atoms with Crippen LogP contribution >= 0.6 is 15.9 Å². The Bertz CT molecular complexity index is 1300. The van der Waals surface area contributed by atoms with Crippen molar-refractivity contribution in [1.29, 1.82) is 0 Å². The standard InChI is InChI=1S/C24H29BrN4O3.C2HF3O2/c1-17(26-23(30)16-32-15-18-5-3-2-4-6-18)14-28-11-9-20(10-12-28)29-22-8-7-19(25)13-21(22)27-24(29)31;3-2(4,5)1(6)7/h2-8,13,17,20H,9-12,14-16H2,1H3,(H,26,30)(H,27,31);(H,6,7)/t17-;/m0./s1. The van der Waals surface area contributed by atoms with Crippen LogP contribution in [-0.4, -0.2) is 69.9 Å². The summed E-state index contributed by atoms with van der Waals surface area (Å²) in [4.78, 5) is 38.9. The normalized spacial score (nSPS) is 15.4. The Balaban J connectivity index is 0.000000532. The molecule has 2 heterocycles. The number of carbonyl (C=O) groups excluding carboxylic acids is 1. The summed E-state index contributed by atoms with van der Waals surface area (Å²) in [6.45, 7) is 5.08. The van der Waals surface area contributed by atoms with Gasteiger partial charge < -0.3 is 25.0 Å². The van der Waals surface area contributed by atoms with Crippen molar-refractivity contribution < 1.29 is 32.6 Å². The highest BCUT2D eigenvalue weighted by Gasteiger charge is 2.38. The molecule has 3 N–H and O–H groups in total. The second-order valence-corrected chi connectivity index (χ2v) is 10.2. The predicted molar refractivity (Wildman–Crippen MR) is 142 cm³/mol. The van der Waals surface area contributed by atoms with Crippen molar-refractivity contribution in [2.45, 2.75) is 44.6 Å². The molecule has 1 aliphatic heterocycles. The number of aromatic nitrogens is 2. The summed E-state index contributed by atoms with van der Waals surface area (Å²) in [5.41, 5.74) is 2.82. The maximum atomic E-state index is 12.5. The molecule has 3 aromatic rings. The van der Waals surface area contributed by atoms with E-state index >= 15 is 0 Å². The first-order valence-electron chi connectivity index (χ1n) is 12.3. The Morgan fingerprint density at radius 1 is 1.18 bits per heavy atom. The molecule has 39 heavy (non-hydrogen) atoms. The van der Waals surface area contributed by atoms with E-state index in [-0.39, 0.29) is 30.3 Å². The lowest BCUT2D eigenvalue weighted by atomic mass is 10.0. The molecule has 9 nitrogen and oxygen atoms in total. The van der Waals surface area contributed by atoms with Crippen molar-refractivity contribution in [2.75, 3.05) is 26.2 Å². The maximum absolute atomic E-state index is 12.5. The van der Waals surface area contributed by atoms with Crippen molar-refractivity contribution in [3.63, 3.8) is 0 Å². The quantitative estimate of drug-likeness (QED) is 0.352. The number of carboxylic acid groups (broad SMARTS) is 1. The Kier molecular flexibility index (Phi) is 10.7. The van der Waals surface area contributed by atoms with Crippen molar-refractivity contribution in [1.82, 2.24) is 19.8 Å². The van der Waals surface area contributed by atoms with Gasteiger partial charge in [-0.3, -0.25) is 9.36 Å². The van der Waals surface area contributed by atoms with E-state index in [4.69, 9.17) is 14.6 Å². The van der Waals surface area contributed by atoms with Crippen molar-refractivity contribution in [2.24, 2.45) is 0 Å². The van der Waals surface area contributed by atoms with Crippen molar-refractivity contribution >= 4 is 38.8 Å². The fraction of sp³-hybridized carbons (Fsp3) is 0.423. The number of carbonyl (C=O) groups is 2. The van der Waals surface area contributed by atoms with E-state index in [1.54, 1.807) is 0 Å². The van der Waals surface area contributed by atoms with Crippen LogP contribution in [0.1, 0.15) is 31.4 Å². The van der Waals surface area contributed by atoms with E-state index in [0.717, 1.165) is 53.5 Å². The largest absolute Gasteiger partial charge is 0.490 e. The predicted octanol–water partition coefficient (Wildman–Crippen LogP) is 4.08. The number of fused-ring (bicyclic) bond motifs is 1. The van der Waals surface area contributed by atoms with E-state index < -0.39 is 12.1 Å². The lowest BCUT2D eigenvalue weighted by Gasteiger charge is -2.34. The van der Waals surface area contributed by atoms with Crippen LogP contribution in [0.15, 0.2) is 57.8 Å². The number of ether oxygens (including phenoxy) is 1. The summed E-state index contributed by atoms with van der Waals surface area (Å²) in [7, 11) is 0. The van der Waals surface area contributed by atoms with Gasteiger partial charge in [-0.25, -0.2) is 9.59 Å². The van der Waals surface area contributed by atoms with E-state index in [9.17, 15) is 22.8 Å². The third kappa shape index (κ3) is 9.22. The minimum Gasteiger partial charge on any atom is -0.475 e. The monoisotopic (exact) mass is 614 g/mol. The Morgan fingerprint density at radius 3 is 2.44 bits per heavy atom. The summed E-state index contributed by atoms with van der Waals surface area (Å²) in [5, 5.41) is 10.1. The Morgan fingerprint density at radius 2 is 1.82 bits per heavy atom. The molecule has 1 fully saturated rings. The molecule has 1 aromatic heterocycles. The highest BCUT2D eigenvalue weighted by atomic mass is 79.9. The number of aliphatic carboxylic acids is 1. The molecule has 4 rings (SSSR count). The zero-order valence-corrected chi connectivity index (χ0v) is 22.8. The van der Waals surface area contributed by atoms with Crippen LogP contribution in [0.3, 0.4) is 0 Å². The van der Waals surface area contributed by atoms with Gasteiger partial charge in [0.05, 0.1) is 17.6 Å². The van der Waals surface area contributed by atoms with Crippen LogP contribution in [0.25, 0.3) is 11.0 Å². The summed E-state index contributed by atoms with van der Waals surface area (Å²) in [5.74, 6) is -2.85. The third-order valence-corrected chi connectivity index (χ3v) is 6.62. The average molecular weight is 615 g/mol. The van der Waals surface area contributed by atoms with E-state index in [1.807, 2.05) is 60.0 Å². The molecule has 0 saturated carbocycles. The number of halogens is 4. The molecule has 0 aliphatic carbocycles. The number of hydrogen-bond acceptors (Lipinski definition) is 5. The highest BCUT2D eigenvalue weighted by Crippen LogP contribution is 2.26. The topological polar surface area (TPSA) is 117 Å². The average Bonchev–Trinajstić information content (AvgIpc) is 3.19. The molecular weight excluding hydrogens is 585 g/mol. The number of amides is 1. The van der Waals surface area contributed by atoms with Gasteiger partial charge in [-0.05, 0) is 43.5 Å². The van der Waals surface area contributed by atoms with Gasteiger partial charge >= 0.3 is 17.8 Å². The second-order valence-electron chi connectivity index (χ2n) is 9.24. The lowest BCUT2D eigenvalue weighted by Crippen LogP contribution is -2.46. The summed E-state index contributed by atoms with van der Waals surface area (Å²) in [6.07, 6.45) is -3.27. The number of hydrogen-bond donors (Lipinski definition) is 3.